The third-order valence-corrected chi connectivity index (χ3v) is 2.61. The van der Waals surface area contributed by atoms with Crippen molar-refractivity contribution >= 4 is 21.5 Å². The largest absolute Gasteiger partial charge is 1.00 e. The maximum atomic E-state index is 2.24. The maximum Gasteiger partial charge on any atom is 1.00 e. The molecule has 0 fully saturated rings. The standard InChI is InChI=1S/C14H10.2Li.2H/c1-2-6-12-10-14-8-4-3-7-13(14)9-11(12)5-1;;;;/h1-10H;;;;/q;2*+1;2*-1. The summed E-state index contributed by atoms with van der Waals surface area (Å²) in [4.78, 5) is 0. The van der Waals surface area contributed by atoms with E-state index in [0.717, 1.165) is 0 Å². The Labute approximate surface area is 122 Å². The van der Waals surface area contributed by atoms with Gasteiger partial charge in [-0.15, -0.1) is 0 Å². The molecule has 0 atom stereocenters. The summed E-state index contributed by atoms with van der Waals surface area (Å²) in [6.07, 6.45) is 0. The molecule has 0 aromatic heterocycles. The Bertz CT molecular complexity index is 507. The summed E-state index contributed by atoms with van der Waals surface area (Å²) in [5.74, 6) is 0. The van der Waals surface area contributed by atoms with Gasteiger partial charge in [0.1, 0.15) is 0 Å². The molecular weight excluding hydrogens is 182 g/mol. The van der Waals surface area contributed by atoms with E-state index >= 15 is 0 Å². The van der Waals surface area contributed by atoms with Crippen LogP contribution in [0.25, 0.3) is 21.5 Å². The van der Waals surface area contributed by atoms with Crippen LogP contribution in [0.1, 0.15) is 2.85 Å². The average molecular weight is 194 g/mol. The van der Waals surface area contributed by atoms with Gasteiger partial charge in [0, 0.05) is 0 Å². The molecule has 0 radical (unpaired) electrons. The Balaban J connectivity index is 0. The van der Waals surface area contributed by atoms with Gasteiger partial charge in [0.15, 0.2) is 0 Å². The van der Waals surface area contributed by atoms with Gasteiger partial charge in [0.2, 0.25) is 0 Å². The van der Waals surface area contributed by atoms with Crippen molar-refractivity contribution in [3.05, 3.63) is 60.7 Å². The number of benzene rings is 3. The van der Waals surface area contributed by atoms with Crippen molar-refractivity contribution in [3.8, 4) is 0 Å². The summed E-state index contributed by atoms with van der Waals surface area (Å²) < 4.78 is 0. The Morgan fingerprint density at radius 3 is 1.00 bits per heavy atom. The molecule has 0 aliphatic heterocycles. The van der Waals surface area contributed by atoms with E-state index in [1.807, 2.05) is 0 Å². The molecule has 0 nitrogen and oxygen atoms in total. The summed E-state index contributed by atoms with van der Waals surface area (Å²) >= 11 is 0. The third kappa shape index (κ3) is 2.37. The van der Waals surface area contributed by atoms with Gasteiger partial charge in [0.05, 0.1) is 0 Å². The third-order valence-electron chi connectivity index (χ3n) is 2.61. The minimum absolute atomic E-state index is 0. The number of rotatable bonds is 0. The molecule has 0 aliphatic carbocycles. The second-order valence-electron chi connectivity index (χ2n) is 3.55. The molecule has 0 spiro atoms. The van der Waals surface area contributed by atoms with Crippen molar-refractivity contribution in [2.24, 2.45) is 0 Å². The second kappa shape index (κ2) is 5.63. The van der Waals surface area contributed by atoms with E-state index in [1.54, 1.807) is 0 Å². The molecule has 0 amide bonds. The van der Waals surface area contributed by atoms with E-state index in [2.05, 4.69) is 60.7 Å². The Morgan fingerprint density at radius 1 is 0.500 bits per heavy atom. The second-order valence-corrected chi connectivity index (χ2v) is 3.55. The van der Waals surface area contributed by atoms with Crippen molar-refractivity contribution in [1.29, 1.82) is 0 Å². The molecule has 0 heterocycles. The van der Waals surface area contributed by atoms with Gasteiger partial charge in [-0.3, -0.25) is 0 Å². The number of fused-ring (bicyclic) bond motifs is 2. The van der Waals surface area contributed by atoms with E-state index in [9.17, 15) is 0 Å². The smallest absolute Gasteiger partial charge is 1.00 e. The Morgan fingerprint density at radius 2 is 0.750 bits per heavy atom. The van der Waals surface area contributed by atoms with Crippen molar-refractivity contribution in [2.75, 3.05) is 0 Å². The fourth-order valence-corrected chi connectivity index (χ4v) is 1.88. The van der Waals surface area contributed by atoms with Crippen LogP contribution in [0.2, 0.25) is 0 Å². The van der Waals surface area contributed by atoms with Gasteiger partial charge >= 0.3 is 37.7 Å². The molecule has 0 unspecified atom stereocenters. The first-order valence-electron chi connectivity index (χ1n) is 4.81. The first kappa shape index (κ1) is 13.4. The molecule has 16 heavy (non-hydrogen) atoms. The van der Waals surface area contributed by atoms with E-state index in [1.165, 1.54) is 21.5 Å². The van der Waals surface area contributed by atoms with Crippen molar-refractivity contribution in [2.45, 2.75) is 0 Å². The molecular formula is C14H12Li2. The number of hydrogen-bond acceptors (Lipinski definition) is 0. The first-order valence-corrected chi connectivity index (χ1v) is 4.81. The molecule has 70 valence electrons. The van der Waals surface area contributed by atoms with Gasteiger partial charge in [0.25, 0.3) is 0 Å². The zero-order chi connectivity index (χ0) is 9.38. The van der Waals surface area contributed by atoms with E-state index < -0.39 is 0 Å². The molecule has 0 aliphatic rings. The summed E-state index contributed by atoms with van der Waals surface area (Å²) in [6, 6.07) is 21.4. The summed E-state index contributed by atoms with van der Waals surface area (Å²) in [7, 11) is 0. The number of hydrogen-bond donors (Lipinski definition) is 0. The predicted octanol–water partition coefficient (Wildman–Crippen LogP) is -1.77. The van der Waals surface area contributed by atoms with E-state index in [0.29, 0.717) is 0 Å². The topological polar surface area (TPSA) is 0 Å². The molecule has 0 bridgehead atoms. The minimum Gasteiger partial charge on any atom is -1.00 e. The minimum atomic E-state index is 0. The van der Waals surface area contributed by atoms with Crippen molar-refractivity contribution < 1.29 is 40.6 Å². The molecule has 2 heteroatoms. The van der Waals surface area contributed by atoms with Crippen LogP contribution in [0.3, 0.4) is 0 Å². The molecule has 3 rings (SSSR count). The van der Waals surface area contributed by atoms with Crippen LogP contribution in [0.15, 0.2) is 60.7 Å². The normalized spacial score (nSPS) is 9.50. The van der Waals surface area contributed by atoms with Crippen LogP contribution < -0.4 is 37.7 Å². The maximum absolute atomic E-state index is 2.24. The van der Waals surface area contributed by atoms with Crippen LogP contribution in [-0.2, 0) is 0 Å². The summed E-state index contributed by atoms with van der Waals surface area (Å²) in [5.41, 5.74) is 0. The monoisotopic (exact) mass is 194 g/mol. The Hall–Kier alpha value is -0.625. The van der Waals surface area contributed by atoms with Crippen LogP contribution in [0.5, 0.6) is 0 Å². The van der Waals surface area contributed by atoms with Gasteiger partial charge in [-0.1, -0.05) is 48.5 Å². The molecule has 3 aromatic carbocycles. The molecule has 3 aromatic rings. The SMILES string of the molecule is [H-].[H-].[Li+].[Li+].c1ccc2cc3ccccc3cc2c1. The zero-order valence-electron chi connectivity index (χ0n) is 11.8. The van der Waals surface area contributed by atoms with Crippen molar-refractivity contribution in [1.82, 2.24) is 0 Å². The fourth-order valence-electron chi connectivity index (χ4n) is 1.88. The summed E-state index contributed by atoms with van der Waals surface area (Å²) in [5, 5.41) is 5.25. The average Bonchev–Trinajstić information content (AvgIpc) is 2.26. The van der Waals surface area contributed by atoms with Crippen molar-refractivity contribution in [3.63, 3.8) is 0 Å². The van der Waals surface area contributed by atoms with Gasteiger partial charge in [-0.05, 0) is 33.7 Å². The van der Waals surface area contributed by atoms with E-state index in [4.69, 9.17) is 0 Å². The quantitative estimate of drug-likeness (QED) is 0.293. The van der Waals surface area contributed by atoms with Gasteiger partial charge in [-0.25, -0.2) is 0 Å². The summed E-state index contributed by atoms with van der Waals surface area (Å²) in [6.45, 7) is 0. The fraction of sp³-hybridized carbons (Fsp3) is 0. The van der Waals surface area contributed by atoms with Gasteiger partial charge in [-0.2, -0.15) is 0 Å². The zero-order valence-corrected chi connectivity index (χ0v) is 9.77. The van der Waals surface area contributed by atoms with Crippen LogP contribution >= 0.6 is 0 Å². The van der Waals surface area contributed by atoms with Crippen LogP contribution in [-0.4, -0.2) is 0 Å². The van der Waals surface area contributed by atoms with E-state index in [-0.39, 0.29) is 40.6 Å². The Kier molecular flexibility index (Phi) is 4.73. The van der Waals surface area contributed by atoms with Crippen LogP contribution in [0.4, 0.5) is 0 Å². The molecule has 0 saturated carbocycles. The molecule has 0 N–H and O–H groups in total. The first-order chi connectivity index (χ1) is 6.93. The van der Waals surface area contributed by atoms with Gasteiger partial charge < -0.3 is 2.85 Å². The predicted molar refractivity (Wildman–Crippen MR) is 63.7 cm³/mol. The van der Waals surface area contributed by atoms with Crippen LogP contribution in [0, 0.1) is 0 Å². The molecule has 0 saturated heterocycles.